The third kappa shape index (κ3) is 4.27. The van der Waals surface area contributed by atoms with E-state index in [0.717, 1.165) is 57.9 Å². The molecule has 0 aromatic carbocycles. The fourth-order valence-corrected chi connectivity index (χ4v) is 4.81. The average Bonchev–Trinajstić information content (AvgIpc) is 2.61. The van der Waals surface area contributed by atoms with Gasteiger partial charge < -0.3 is 14.5 Å². The number of rotatable bonds is 3. The fourth-order valence-electron chi connectivity index (χ4n) is 4.81. The topological polar surface area (TPSA) is 32.8 Å². The van der Waals surface area contributed by atoms with E-state index in [2.05, 4.69) is 23.8 Å². The van der Waals surface area contributed by atoms with Crippen LogP contribution in [0.2, 0.25) is 0 Å². The second-order valence-corrected chi connectivity index (χ2v) is 8.03. The summed E-state index contributed by atoms with van der Waals surface area (Å²) >= 11 is 0. The summed E-state index contributed by atoms with van der Waals surface area (Å²) in [6.45, 7) is 6.43. The first-order chi connectivity index (χ1) is 11.1. The first-order valence-electron chi connectivity index (χ1n) is 9.73. The van der Waals surface area contributed by atoms with Crippen molar-refractivity contribution in [1.82, 2.24) is 9.80 Å². The fraction of sp³-hybridized carbons (Fsp3) is 0.947. The Morgan fingerprint density at radius 1 is 1.04 bits per heavy atom. The van der Waals surface area contributed by atoms with Crippen LogP contribution in [0.5, 0.6) is 0 Å². The van der Waals surface area contributed by atoms with Gasteiger partial charge in [-0.3, -0.25) is 4.79 Å². The molecule has 0 spiro atoms. The summed E-state index contributed by atoms with van der Waals surface area (Å²) in [5.41, 5.74) is 0. The van der Waals surface area contributed by atoms with Crippen molar-refractivity contribution in [2.45, 2.75) is 70.4 Å². The van der Waals surface area contributed by atoms with Gasteiger partial charge in [-0.05, 0) is 44.4 Å². The zero-order valence-electron chi connectivity index (χ0n) is 15.0. The Hall–Kier alpha value is -0.610. The molecule has 1 saturated carbocycles. The Labute approximate surface area is 141 Å². The van der Waals surface area contributed by atoms with Crippen LogP contribution in [-0.4, -0.2) is 61.1 Å². The van der Waals surface area contributed by atoms with Crippen LogP contribution >= 0.6 is 0 Å². The number of likely N-dealkylation sites (tertiary alicyclic amines) is 1. The van der Waals surface area contributed by atoms with E-state index >= 15 is 0 Å². The second-order valence-electron chi connectivity index (χ2n) is 8.03. The molecular weight excluding hydrogens is 288 g/mol. The minimum atomic E-state index is 0.289. The van der Waals surface area contributed by atoms with Crippen molar-refractivity contribution in [2.75, 3.05) is 33.4 Å². The highest BCUT2D eigenvalue weighted by Crippen LogP contribution is 2.31. The van der Waals surface area contributed by atoms with Crippen molar-refractivity contribution in [3.05, 3.63) is 0 Å². The summed E-state index contributed by atoms with van der Waals surface area (Å²) in [6, 6.07) is 1.17. The third-order valence-corrected chi connectivity index (χ3v) is 6.39. The number of hydrogen-bond donors (Lipinski definition) is 0. The number of amides is 1. The Morgan fingerprint density at radius 2 is 1.74 bits per heavy atom. The Morgan fingerprint density at radius 3 is 2.39 bits per heavy atom. The lowest BCUT2D eigenvalue weighted by Crippen LogP contribution is -2.50. The van der Waals surface area contributed by atoms with Gasteiger partial charge in [0.15, 0.2) is 0 Å². The van der Waals surface area contributed by atoms with Crippen molar-refractivity contribution in [2.24, 2.45) is 11.8 Å². The molecule has 0 N–H and O–H groups in total. The van der Waals surface area contributed by atoms with E-state index in [4.69, 9.17) is 4.74 Å². The van der Waals surface area contributed by atoms with E-state index < -0.39 is 0 Å². The molecule has 2 aliphatic heterocycles. The largest absolute Gasteiger partial charge is 0.381 e. The summed E-state index contributed by atoms with van der Waals surface area (Å²) in [7, 11) is 2.05. The summed E-state index contributed by atoms with van der Waals surface area (Å²) < 4.78 is 5.48. The first-order valence-corrected chi connectivity index (χ1v) is 9.73. The van der Waals surface area contributed by atoms with Gasteiger partial charge in [0.25, 0.3) is 0 Å². The number of piperidine rings is 1. The minimum Gasteiger partial charge on any atom is -0.381 e. The van der Waals surface area contributed by atoms with Gasteiger partial charge >= 0.3 is 0 Å². The van der Waals surface area contributed by atoms with Gasteiger partial charge in [-0.15, -0.1) is 0 Å². The van der Waals surface area contributed by atoms with Crippen molar-refractivity contribution >= 4 is 5.91 Å². The van der Waals surface area contributed by atoms with Crippen molar-refractivity contribution in [3.63, 3.8) is 0 Å². The molecule has 4 heteroatoms. The van der Waals surface area contributed by atoms with Gasteiger partial charge in [0.2, 0.25) is 5.91 Å². The highest BCUT2D eigenvalue weighted by Gasteiger charge is 2.33. The molecule has 1 amide bonds. The maximum absolute atomic E-state index is 12.8. The lowest BCUT2D eigenvalue weighted by Gasteiger charge is -2.42. The van der Waals surface area contributed by atoms with E-state index in [1.807, 2.05) is 0 Å². The van der Waals surface area contributed by atoms with E-state index in [9.17, 15) is 4.79 Å². The first kappa shape index (κ1) is 17.2. The van der Waals surface area contributed by atoms with Crippen LogP contribution in [0, 0.1) is 11.8 Å². The Balaban J connectivity index is 1.47. The average molecular weight is 322 g/mol. The molecule has 0 aromatic heterocycles. The predicted molar refractivity (Wildman–Crippen MR) is 92.3 cm³/mol. The van der Waals surface area contributed by atoms with Gasteiger partial charge in [-0.2, -0.15) is 0 Å². The molecule has 4 nitrogen and oxygen atoms in total. The SMILES string of the molecule is C[C@H]1CCC[C@@H](C(=O)N(C)C2CCN(C3CCOCC3)CC2)C1. The lowest BCUT2D eigenvalue weighted by molar-refractivity contribution is -0.139. The van der Waals surface area contributed by atoms with Crippen molar-refractivity contribution < 1.29 is 9.53 Å². The van der Waals surface area contributed by atoms with Crippen LogP contribution in [0.3, 0.4) is 0 Å². The molecule has 0 unspecified atom stereocenters. The number of carbonyl (C=O) groups is 1. The Bertz CT molecular complexity index is 387. The highest BCUT2D eigenvalue weighted by atomic mass is 16.5. The van der Waals surface area contributed by atoms with Crippen LogP contribution in [0.1, 0.15) is 58.3 Å². The van der Waals surface area contributed by atoms with Gasteiger partial charge in [0.1, 0.15) is 0 Å². The molecule has 0 bridgehead atoms. The summed E-state index contributed by atoms with van der Waals surface area (Å²) in [5, 5.41) is 0. The van der Waals surface area contributed by atoms with Crippen LogP contribution in [0.25, 0.3) is 0 Å². The number of carbonyl (C=O) groups excluding carboxylic acids is 1. The molecule has 1 aliphatic carbocycles. The maximum atomic E-state index is 12.8. The maximum Gasteiger partial charge on any atom is 0.225 e. The molecule has 23 heavy (non-hydrogen) atoms. The van der Waals surface area contributed by atoms with Gasteiger partial charge in [-0.25, -0.2) is 0 Å². The summed E-state index contributed by atoms with van der Waals surface area (Å²) in [6.07, 6.45) is 9.38. The summed E-state index contributed by atoms with van der Waals surface area (Å²) in [4.78, 5) is 17.6. The molecule has 0 aromatic rings. The molecule has 3 rings (SSSR count). The van der Waals surface area contributed by atoms with Gasteiger partial charge in [0, 0.05) is 51.4 Å². The quantitative estimate of drug-likeness (QED) is 0.801. The number of hydrogen-bond acceptors (Lipinski definition) is 3. The van der Waals surface area contributed by atoms with Crippen LogP contribution in [0.15, 0.2) is 0 Å². The van der Waals surface area contributed by atoms with Crippen LogP contribution < -0.4 is 0 Å². The van der Waals surface area contributed by atoms with Gasteiger partial charge in [0.05, 0.1) is 0 Å². The van der Waals surface area contributed by atoms with E-state index in [-0.39, 0.29) is 5.92 Å². The molecule has 2 atom stereocenters. The third-order valence-electron chi connectivity index (χ3n) is 6.39. The van der Waals surface area contributed by atoms with E-state index in [1.165, 1.54) is 25.7 Å². The molecule has 3 fully saturated rings. The molecule has 2 heterocycles. The number of ether oxygens (including phenoxy) is 1. The van der Waals surface area contributed by atoms with Crippen LogP contribution in [0.4, 0.5) is 0 Å². The van der Waals surface area contributed by atoms with Gasteiger partial charge in [-0.1, -0.05) is 19.8 Å². The summed E-state index contributed by atoms with van der Waals surface area (Å²) in [5.74, 6) is 1.43. The normalized spacial score (nSPS) is 31.9. The molecule has 3 aliphatic rings. The van der Waals surface area contributed by atoms with E-state index in [1.54, 1.807) is 0 Å². The predicted octanol–water partition coefficient (Wildman–Crippen LogP) is 2.91. The minimum absolute atomic E-state index is 0.289. The number of nitrogens with zero attached hydrogens (tertiary/aromatic N) is 2. The molecular formula is C19H34N2O2. The standard InChI is InChI=1S/C19H34N2O2/c1-15-4-3-5-16(14-15)19(22)20(2)17-6-10-21(11-7-17)18-8-12-23-13-9-18/h15-18H,3-14H2,1-2H3/t15-,16+/m0/s1. The second kappa shape index (κ2) is 7.98. The van der Waals surface area contributed by atoms with E-state index in [0.29, 0.717) is 18.0 Å². The van der Waals surface area contributed by atoms with Crippen molar-refractivity contribution in [1.29, 1.82) is 0 Å². The molecule has 2 saturated heterocycles. The highest BCUT2D eigenvalue weighted by molar-refractivity contribution is 5.79. The van der Waals surface area contributed by atoms with Crippen molar-refractivity contribution in [3.8, 4) is 0 Å². The molecule has 0 radical (unpaired) electrons. The monoisotopic (exact) mass is 322 g/mol. The molecule has 132 valence electrons. The zero-order valence-corrected chi connectivity index (χ0v) is 15.0. The zero-order chi connectivity index (χ0) is 16.2. The van der Waals surface area contributed by atoms with Crippen LogP contribution in [-0.2, 0) is 9.53 Å². The Kier molecular flexibility index (Phi) is 5.97. The smallest absolute Gasteiger partial charge is 0.225 e. The lowest BCUT2D eigenvalue weighted by atomic mass is 9.81.